The smallest absolute Gasteiger partial charge is 0.251 e. The van der Waals surface area contributed by atoms with Crippen LogP contribution in [0.4, 0.5) is 11.6 Å². The first-order chi connectivity index (χ1) is 13.6. The molecule has 28 heavy (non-hydrogen) atoms. The van der Waals surface area contributed by atoms with Crippen LogP contribution in [0, 0.1) is 0 Å². The van der Waals surface area contributed by atoms with Crippen molar-refractivity contribution >= 4 is 29.3 Å². The normalized spacial score (nSPS) is 23.8. The second-order valence-corrected chi connectivity index (χ2v) is 7.83. The zero-order valence-electron chi connectivity index (χ0n) is 15.7. The minimum atomic E-state index is -0.114. The molecule has 3 aliphatic rings. The zero-order chi connectivity index (χ0) is 19.3. The third-order valence-electron chi connectivity index (χ3n) is 5.61. The highest BCUT2D eigenvalue weighted by Crippen LogP contribution is 2.31. The predicted octanol–water partition coefficient (Wildman–Crippen LogP) is 1.68. The van der Waals surface area contributed by atoms with E-state index in [-0.39, 0.29) is 18.6 Å². The molecule has 0 spiro atoms. The molecule has 8 heteroatoms. The van der Waals surface area contributed by atoms with Gasteiger partial charge in [0.15, 0.2) is 5.65 Å². The van der Waals surface area contributed by atoms with Crippen molar-refractivity contribution in [2.45, 2.75) is 44.2 Å². The number of anilines is 2. The Kier molecular flexibility index (Phi) is 4.08. The van der Waals surface area contributed by atoms with E-state index in [0.29, 0.717) is 29.4 Å². The molecular weight excluding hydrogens is 356 g/mol. The van der Waals surface area contributed by atoms with Gasteiger partial charge in [-0.3, -0.25) is 4.79 Å². The summed E-state index contributed by atoms with van der Waals surface area (Å²) in [4.78, 5) is 19.1. The predicted molar refractivity (Wildman–Crippen MR) is 107 cm³/mol. The third-order valence-corrected chi connectivity index (χ3v) is 5.61. The van der Waals surface area contributed by atoms with E-state index in [2.05, 4.69) is 27.2 Å². The fraction of sp³-hybridized carbons (Fsp3) is 0.450. The summed E-state index contributed by atoms with van der Waals surface area (Å²) in [5.41, 5.74) is 2.89. The Labute approximate surface area is 162 Å². The van der Waals surface area contributed by atoms with Crippen molar-refractivity contribution in [3.63, 3.8) is 0 Å². The molecule has 0 unspecified atom stereocenters. The molecule has 1 amide bonds. The standard InChI is InChI=1S/C20H24N6O2/c1-12-7-13(20(28)22-12)8-14-10-21-26-18(23-15-4-5-15)9-17(24-19(14)26)25-6-2-3-16(25)11-27/h8-10,15-16,23,27H,1-7,11H2,(H,22,28)/b13-8+/t16-/m0/s1. The average Bonchev–Trinajstić information content (AvgIpc) is 3.08. The van der Waals surface area contributed by atoms with Crippen LogP contribution in [-0.2, 0) is 4.79 Å². The van der Waals surface area contributed by atoms with Crippen LogP contribution in [0.5, 0.6) is 0 Å². The Morgan fingerprint density at radius 2 is 2.25 bits per heavy atom. The van der Waals surface area contributed by atoms with Gasteiger partial charge in [-0.1, -0.05) is 6.58 Å². The van der Waals surface area contributed by atoms with Crippen molar-refractivity contribution in [1.29, 1.82) is 0 Å². The number of aliphatic hydroxyl groups is 1. The summed E-state index contributed by atoms with van der Waals surface area (Å²) < 4.78 is 1.81. The van der Waals surface area contributed by atoms with Crippen molar-refractivity contribution in [3.05, 3.63) is 35.7 Å². The van der Waals surface area contributed by atoms with E-state index in [1.165, 1.54) is 0 Å². The maximum atomic E-state index is 12.1. The highest BCUT2D eigenvalue weighted by atomic mass is 16.3. The van der Waals surface area contributed by atoms with Gasteiger partial charge in [-0.2, -0.15) is 9.61 Å². The summed E-state index contributed by atoms with van der Waals surface area (Å²) in [7, 11) is 0. The largest absolute Gasteiger partial charge is 0.394 e. The number of nitrogens with zero attached hydrogens (tertiary/aromatic N) is 4. The highest BCUT2D eigenvalue weighted by molar-refractivity contribution is 6.02. The minimum absolute atomic E-state index is 0.0948. The molecule has 4 heterocycles. The summed E-state index contributed by atoms with van der Waals surface area (Å²) in [5.74, 6) is 1.63. The van der Waals surface area contributed by atoms with Crippen molar-refractivity contribution in [2.24, 2.45) is 0 Å². The van der Waals surface area contributed by atoms with Gasteiger partial charge < -0.3 is 20.6 Å². The first-order valence-corrected chi connectivity index (χ1v) is 9.85. The van der Waals surface area contributed by atoms with Gasteiger partial charge in [0.25, 0.3) is 5.91 Å². The summed E-state index contributed by atoms with van der Waals surface area (Å²) in [5, 5.41) is 20.5. The molecule has 3 fully saturated rings. The lowest BCUT2D eigenvalue weighted by molar-refractivity contribution is -0.115. The van der Waals surface area contributed by atoms with E-state index >= 15 is 0 Å². The van der Waals surface area contributed by atoms with Gasteiger partial charge in [-0.15, -0.1) is 0 Å². The second-order valence-electron chi connectivity index (χ2n) is 7.83. The monoisotopic (exact) mass is 380 g/mol. The molecule has 5 rings (SSSR count). The molecule has 1 saturated carbocycles. The molecule has 3 N–H and O–H groups in total. The lowest BCUT2D eigenvalue weighted by Crippen LogP contribution is -2.33. The van der Waals surface area contributed by atoms with Gasteiger partial charge in [0.05, 0.1) is 18.8 Å². The summed E-state index contributed by atoms with van der Waals surface area (Å²) in [6.45, 7) is 4.84. The van der Waals surface area contributed by atoms with Crippen molar-refractivity contribution < 1.29 is 9.90 Å². The van der Waals surface area contributed by atoms with Crippen LogP contribution in [0.15, 0.2) is 30.1 Å². The molecule has 2 saturated heterocycles. The van der Waals surface area contributed by atoms with Gasteiger partial charge >= 0.3 is 0 Å². The Bertz CT molecular complexity index is 990. The van der Waals surface area contributed by atoms with Crippen LogP contribution in [0.25, 0.3) is 11.7 Å². The second kappa shape index (κ2) is 6.63. The molecule has 2 aromatic rings. The number of aromatic nitrogens is 3. The third kappa shape index (κ3) is 3.03. The topological polar surface area (TPSA) is 94.8 Å². The fourth-order valence-corrected chi connectivity index (χ4v) is 3.98. The molecular formula is C20H24N6O2. The van der Waals surface area contributed by atoms with E-state index in [9.17, 15) is 9.90 Å². The van der Waals surface area contributed by atoms with E-state index in [4.69, 9.17) is 4.98 Å². The van der Waals surface area contributed by atoms with Crippen LogP contribution in [-0.4, -0.2) is 50.8 Å². The molecule has 0 aromatic carbocycles. The molecule has 1 atom stereocenters. The van der Waals surface area contributed by atoms with Crippen molar-refractivity contribution in [2.75, 3.05) is 23.4 Å². The Balaban J connectivity index is 1.60. The molecule has 2 aromatic heterocycles. The van der Waals surface area contributed by atoms with Gasteiger partial charge in [0.1, 0.15) is 11.6 Å². The Morgan fingerprint density at radius 1 is 1.39 bits per heavy atom. The molecule has 0 radical (unpaired) electrons. The summed E-state index contributed by atoms with van der Waals surface area (Å²) in [6.07, 6.45) is 8.43. The van der Waals surface area contributed by atoms with Crippen LogP contribution < -0.4 is 15.5 Å². The van der Waals surface area contributed by atoms with E-state index in [0.717, 1.165) is 49.4 Å². The van der Waals surface area contributed by atoms with Crippen molar-refractivity contribution in [3.8, 4) is 0 Å². The van der Waals surface area contributed by atoms with Crippen LogP contribution in [0.2, 0.25) is 0 Å². The number of amides is 1. The van der Waals surface area contributed by atoms with Gasteiger partial charge in [0, 0.05) is 41.9 Å². The molecule has 146 valence electrons. The number of hydrogen-bond donors (Lipinski definition) is 3. The number of hydrogen-bond acceptors (Lipinski definition) is 6. The number of nitrogens with one attached hydrogen (secondary N) is 2. The molecule has 1 aliphatic carbocycles. The number of fused-ring (bicyclic) bond motifs is 1. The van der Waals surface area contributed by atoms with Gasteiger partial charge in [-0.25, -0.2) is 4.98 Å². The van der Waals surface area contributed by atoms with E-state index < -0.39 is 0 Å². The van der Waals surface area contributed by atoms with Gasteiger partial charge in [-0.05, 0) is 31.8 Å². The van der Waals surface area contributed by atoms with Gasteiger partial charge in [0.2, 0.25) is 0 Å². The summed E-state index contributed by atoms with van der Waals surface area (Å²) in [6, 6.07) is 2.59. The molecule has 8 nitrogen and oxygen atoms in total. The number of aliphatic hydroxyl groups excluding tert-OH is 1. The summed E-state index contributed by atoms with van der Waals surface area (Å²) >= 11 is 0. The quantitative estimate of drug-likeness (QED) is 0.684. The Morgan fingerprint density at radius 3 is 2.96 bits per heavy atom. The van der Waals surface area contributed by atoms with Crippen LogP contribution in [0.3, 0.4) is 0 Å². The van der Waals surface area contributed by atoms with Crippen molar-refractivity contribution in [1.82, 2.24) is 19.9 Å². The highest BCUT2D eigenvalue weighted by Gasteiger charge is 2.28. The number of rotatable bonds is 5. The lowest BCUT2D eigenvalue weighted by atomic mass is 10.1. The fourth-order valence-electron chi connectivity index (χ4n) is 3.98. The Hall–Kier alpha value is -2.87. The van der Waals surface area contributed by atoms with Crippen LogP contribution >= 0.6 is 0 Å². The number of carbonyl (C=O) groups excluding carboxylic acids is 1. The number of allylic oxidation sites excluding steroid dienone is 1. The molecule has 0 bridgehead atoms. The first kappa shape index (κ1) is 17.2. The van der Waals surface area contributed by atoms with E-state index in [1.807, 2.05) is 12.1 Å². The zero-order valence-corrected chi connectivity index (χ0v) is 15.7. The maximum Gasteiger partial charge on any atom is 0.251 e. The molecule has 2 aliphatic heterocycles. The minimum Gasteiger partial charge on any atom is -0.394 e. The number of carbonyl (C=O) groups is 1. The first-order valence-electron chi connectivity index (χ1n) is 9.85. The van der Waals surface area contributed by atoms with Crippen LogP contribution in [0.1, 0.15) is 37.7 Å². The lowest BCUT2D eigenvalue weighted by Gasteiger charge is -2.25. The maximum absolute atomic E-state index is 12.1. The SMILES string of the molecule is C=C1C/C(=C\c2cnn3c(NC4CC4)cc(N4CCC[C@H]4CO)nc23)C(=O)N1. The van der Waals surface area contributed by atoms with E-state index in [1.54, 1.807) is 10.7 Å². The average molecular weight is 380 g/mol.